The predicted molar refractivity (Wildman–Crippen MR) is 224 cm³/mol. The summed E-state index contributed by atoms with van der Waals surface area (Å²) in [5.74, 6) is 0. The van der Waals surface area contributed by atoms with Crippen molar-refractivity contribution in [3.63, 3.8) is 0 Å². The fraction of sp³-hybridized carbons (Fsp3) is 0.476. The molecule has 0 aliphatic heterocycles. The van der Waals surface area contributed by atoms with Crippen LogP contribution in [0.4, 0.5) is 34.1 Å². The van der Waals surface area contributed by atoms with Gasteiger partial charge in [0.25, 0.3) is 0 Å². The van der Waals surface area contributed by atoms with E-state index in [0.29, 0.717) is 0 Å². The molecule has 0 N–H and O–H groups in total. The van der Waals surface area contributed by atoms with E-state index in [1.54, 1.807) is 0 Å². The third-order valence-corrected chi connectivity index (χ3v) is 20.3. The quantitative estimate of drug-likeness (QED) is 0.164. The van der Waals surface area contributed by atoms with Crippen molar-refractivity contribution in [2.75, 3.05) is 114 Å². The van der Waals surface area contributed by atoms with Crippen LogP contribution in [0.25, 0.3) is 0 Å². The predicted octanol–water partition coefficient (Wildman–Crippen LogP) is -2.58. The van der Waals surface area contributed by atoms with Crippen LogP contribution in [0.15, 0.2) is 58.7 Å². The maximum Gasteiger partial charge on any atom is -1.00 e. The molecule has 0 heterocycles. The number of halogens is 3. The molecule has 4 rings (SSSR count). The summed E-state index contributed by atoms with van der Waals surface area (Å²) in [5.41, 5.74) is 17.4. The van der Waals surface area contributed by atoms with Crippen molar-refractivity contribution in [1.29, 1.82) is 0 Å². The molecule has 0 amide bonds. The summed E-state index contributed by atoms with van der Waals surface area (Å²) in [6, 6.07) is 15.1. The monoisotopic (exact) mass is 832 g/mol. The van der Waals surface area contributed by atoms with Gasteiger partial charge in [-0.25, -0.2) is 0 Å². The van der Waals surface area contributed by atoms with Crippen LogP contribution >= 0.6 is 0 Å². The van der Waals surface area contributed by atoms with E-state index in [4.69, 9.17) is 0 Å². The average molecular weight is 834 g/mol. The molecule has 53 heavy (non-hydrogen) atoms. The Balaban J connectivity index is 0.00000468. The Hall–Kier alpha value is -2.26. The van der Waals surface area contributed by atoms with Gasteiger partial charge in [0.15, 0.2) is 0 Å². The number of hydrogen-bond acceptors (Lipinski definition) is 6. The number of nitrogens with zero attached hydrogens (tertiary/aromatic N) is 6. The van der Waals surface area contributed by atoms with E-state index in [9.17, 15) is 0 Å². The van der Waals surface area contributed by atoms with E-state index >= 15 is 0 Å². The molecule has 11 heteroatoms. The van der Waals surface area contributed by atoms with Gasteiger partial charge in [-0.2, -0.15) is 0 Å². The van der Waals surface area contributed by atoms with E-state index in [2.05, 4.69) is 219 Å². The van der Waals surface area contributed by atoms with Gasteiger partial charge < -0.3 is 37.2 Å². The average Bonchev–Trinajstić information content (AvgIpc) is 3.17. The van der Waals surface area contributed by atoms with Crippen LogP contribution in [-0.2, 0) is 20.4 Å². The van der Waals surface area contributed by atoms with Crippen LogP contribution in [0.3, 0.4) is 0 Å². The van der Waals surface area contributed by atoms with E-state index in [1.807, 2.05) is 0 Å². The van der Waals surface area contributed by atoms with Crippen LogP contribution in [0.2, 0.25) is 3.34 Å². The maximum atomic E-state index is 2.60. The second-order valence-electron chi connectivity index (χ2n) is 15.8. The number of rotatable bonds is 10. The van der Waals surface area contributed by atoms with Gasteiger partial charge >= 0.3 is 319 Å². The molecule has 0 radical (unpaired) electrons. The first-order valence-corrected chi connectivity index (χ1v) is 20.5. The Morgan fingerprint density at radius 2 is 0.566 bits per heavy atom. The normalized spacial score (nSPS) is 13.6. The van der Waals surface area contributed by atoms with Crippen molar-refractivity contribution in [2.45, 2.75) is 51.8 Å². The second-order valence-corrected chi connectivity index (χ2v) is 21.7. The Labute approximate surface area is 354 Å². The molecule has 3 aromatic rings. The topological polar surface area (TPSA) is 19.4 Å². The van der Waals surface area contributed by atoms with Crippen molar-refractivity contribution < 1.29 is 57.7 Å². The Kier molecular flexibility index (Phi) is 16.3. The summed E-state index contributed by atoms with van der Waals surface area (Å²) in [6.45, 7) is 16.7. The van der Waals surface area contributed by atoms with Crippen molar-refractivity contribution in [3.8, 4) is 0 Å². The van der Waals surface area contributed by atoms with Crippen LogP contribution in [0.1, 0.15) is 44.4 Å². The van der Waals surface area contributed by atoms with E-state index in [-0.39, 0.29) is 40.6 Å². The second kappa shape index (κ2) is 17.7. The third-order valence-electron chi connectivity index (χ3n) is 11.4. The van der Waals surface area contributed by atoms with Gasteiger partial charge in [-0.05, 0) is 0 Å². The number of allylic oxidation sites excluding steroid dienone is 4. The Morgan fingerprint density at radius 3 is 0.755 bits per heavy atom. The zero-order valence-electron chi connectivity index (χ0n) is 35.8. The molecular formula is C42H63Cl3N6SiTi. The fourth-order valence-electron chi connectivity index (χ4n) is 8.42. The van der Waals surface area contributed by atoms with Gasteiger partial charge in [0, 0.05) is 0 Å². The molecule has 0 unspecified atom stereocenters. The molecule has 0 fully saturated rings. The maximum absolute atomic E-state index is 3.11. The minimum atomic E-state index is -3.11. The molecule has 3 aromatic carbocycles. The Bertz CT molecular complexity index is 1690. The van der Waals surface area contributed by atoms with Crippen molar-refractivity contribution in [1.82, 2.24) is 0 Å². The van der Waals surface area contributed by atoms with Crippen molar-refractivity contribution >= 4 is 57.8 Å². The van der Waals surface area contributed by atoms with Crippen LogP contribution in [0.5, 0.6) is 0 Å². The van der Waals surface area contributed by atoms with Crippen LogP contribution in [0, 0.1) is 20.8 Å². The fourth-order valence-corrected chi connectivity index (χ4v) is 17.5. The summed E-state index contributed by atoms with van der Waals surface area (Å²) in [5, 5.41) is 4.43. The molecule has 1 aliphatic carbocycles. The van der Waals surface area contributed by atoms with E-state index < -0.39 is 8.07 Å². The molecule has 0 saturated heterocycles. The molecule has 0 spiro atoms. The standard InChI is InChI=1S/C42H63N6Si.3ClH.Ti/c1-26-20-33(43(8)9)36(46(14)15)23-39(26)49(42-31(6)29(4)30(5)32(42)7,40-24-37(47(16)17)34(44(10)11)21-27(40)2)41-25-38(48(18)19)35(45(12)13)22-28(41)3;;;;/h20-25H,1-19H3;3*1H;/q;;;;+3/p-3. The first-order chi connectivity index (χ1) is 23.1. The molecule has 0 bridgehead atoms. The van der Waals surface area contributed by atoms with Crippen LogP contribution in [-0.4, -0.2) is 92.6 Å². The summed E-state index contributed by atoms with van der Waals surface area (Å²) in [7, 11) is 23.0. The number of aryl methyl sites for hydroxylation is 3. The SMILES string of the molecule is CC1=C(C)[C]([Ti+3])([Si](c2cc(N(C)C)c(N(C)C)cc2C)(c2cc(N(C)C)c(N(C)C)cc2C)c2cc(N(C)C)c(N(C)C)cc2C)C(C)=C1C.[Cl-].[Cl-].[Cl-]. The zero-order valence-corrected chi connectivity index (χ0v) is 40.6. The summed E-state index contributed by atoms with van der Waals surface area (Å²) in [6.07, 6.45) is 0. The number of benzene rings is 3. The number of hydrogen-bond donors (Lipinski definition) is 0. The largest absolute Gasteiger partial charge is 1.00 e. The summed E-state index contributed by atoms with van der Waals surface area (Å²) in [4.78, 5) is 13.7. The van der Waals surface area contributed by atoms with Gasteiger partial charge in [-0.1, -0.05) is 0 Å². The molecule has 0 atom stereocenters. The minimum Gasteiger partial charge on any atom is -1.00 e. The molecule has 6 nitrogen and oxygen atoms in total. The zero-order chi connectivity index (χ0) is 37.9. The summed E-state index contributed by atoms with van der Waals surface area (Å²) >= 11 is 2.60. The van der Waals surface area contributed by atoms with Gasteiger partial charge in [0.1, 0.15) is 0 Å². The number of anilines is 6. The minimum absolute atomic E-state index is 0. The van der Waals surface area contributed by atoms with Crippen LogP contribution < -0.4 is 82.2 Å². The van der Waals surface area contributed by atoms with Gasteiger partial charge in [-0.3, -0.25) is 0 Å². The van der Waals surface area contributed by atoms with Crippen molar-refractivity contribution in [2.24, 2.45) is 0 Å². The summed E-state index contributed by atoms with van der Waals surface area (Å²) < 4.78 is -0.253. The third kappa shape index (κ3) is 7.78. The molecule has 1 aliphatic rings. The van der Waals surface area contributed by atoms with E-state index in [1.165, 1.54) is 88.7 Å². The van der Waals surface area contributed by atoms with Gasteiger partial charge in [-0.15, -0.1) is 0 Å². The first-order valence-electron chi connectivity index (χ1n) is 17.7. The van der Waals surface area contributed by atoms with Gasteiger partial charge in [0.05, 0.1) is 0 Å². The smallest absolute Gasteiger partial charge is 1.00 e. The van der Waals surface area contributed by atoms with E-state index in [0.717, 1.165) is 0 Å². The van der Waals surface area contributed by atoms with Crippen molar-refractivity contribution in [3.05, 3.63) is 75.4 Å². The molecule has 290 valence electrons. The Morgan fingerprint density at radius 1 is 0.377 bits per heavy atom. The van der Waals surface area contributed by atoms with Gasteiger partial charge in [0.2, 0.25) is 0 Å². The molecule has 0 saturated carbocycles. The first kappa shape index (κ1) is 48.8. The molecule has 0 aromatic heterocycles. The molecular weight excluding hydrogens is 771 g/mol.